The summed E-state index contributed by atoms with van der Waals surface area (Å²) in [6.45, 7) is 4.40. The van der Waals surface area contributed by atoms with E-state index in [0.717, 1.165) is 22.4 Å². The van der Waals surface area contributed by atoms with Gasteiger partial charge in [0, 0.05) is 22.2 Å². The second-order valence-corrected chi connectivity index (χ2v) is 9.60. The highest BCUT2D eigenvalue weighted by atomic mass is 35.5. The zero-order chi connectivity index (χ0) is 25.4. The van der Waals surface area contributed by atoms with Gasteiger partial charge in [-0.2, -0.15) is 10.5 Å². The van der Waals surface area contributed by atoms with Crippen LogP contribution < -0.4 is 9.64 Å². The van der Waals surface area contributed by atoms with Crippen LogP contribution in [0.3, 0.4) is 0 Å². The smallest absolute Gasteiger partial charge is 0.185 e. The third-order valence-electron chi connectivity index (χ3n) is 7.12. The molecule has 5 nitrogen and oxygen atoms in total. The summed E-state index contributed by atoms with van der Waals surface area (Å²) in [6.07, 6.45) is 3.74. The molecule has 2 aliphatic rings. The third kappa shape index (κ3) is 3.65. The first-order valence-electron chi connectivity index (χ1n) is 11.9. The summed E-state index contributed by atoms with van der Waals surface area (Å²) in [5, 5.41) is 21.6. The number of hydrogen-bond acceptors (Lipinski definition) is 5. The molecule has 0 N–H and O–H groups in total. The maximum absolute atomic E-state index is 14.2. The van der Waals surface area contributed by atoms with Gasteiger partial charge in [0.1, 0.15) is 11.8 Å². The van der Waals surface area contributed by atoms with Crippen molar-refractivity contribution < 1.29 is 9.53 Å². The molecule has 178 valence electrons. The summed E-state index contributed by atoms with van der Waals surface area (Å²) in [5.41, 5.74) is 2.45. The lowest BCUT2D eigenvalue weighted by Crippen LogP contribution is -2.44. The predicted molar refractivity (Wildman–Crippen MR) is 140 cm³/mol. The molecule has 0 unspecified atom stereocenters. The summed E-state index contributed by atoms with van der Waals surface area (Å²) < 4.78 is 5.60. The van der Waals surface area contributed by atoms with Crippen molar-refractivity contribution in [3.63, 3.8) is 0 Å². The maximum Gasteiger partial charge on any atom is 0.185 e. The summed E-state index contributed by atoms with van der Waals surface area (Å²) in [5.74, 6) is -0.145. The number of anilines is 1. The van der Waals surface area contributed by atoms with Gasteiger partial charge in [0.05, 0.1) is 24.8 Å². The second kappa shape index (κ2) is 9.19. The Morgan fingerprint density at radius 2 is 1.75 bits per heavy atom. The van der Waals surface area contributed by atoms with Crippen molar-refractivity contribution in [3.05, 3.63) is 100 Å². The van der Waals surface area contributed by atoms with Gasteiger partial charge in [0.25, 0.3) is 0 Å². The lowest BCUT2D eigenvalue weighted by Gasteiger charge is -2.35. The van der Waals surface area contributed by atoms with Crippen molar-refractivity contribution in [2.45, 2.75) is 31.8 Å². The summed E-state index contributed by atoms with van der Waals surface area (Å²) in [4.78, 5) is 16.2. The van der Waals surface area contributed by atoms with E-state index >= 15 is 0 Å². The Morgan fingerprint density at radius 1 is 1.06 bits per heavy atom. The van der Waals surface area contributed by atoms with Crippen LogP contribution >= 0.6 is 11.6 Å². The number of ketones is 1. The number of rotatable bonds is 5. The van der Waals surface area contributed by atoms with E-state index in [0.29, 0.717) is 22.9 Å². The topological polar surface area (TPSA) is 77.1 Å². The molecular formula is C30H24ClN3O2. The Bertz CT molecular complexity index is 1420. The number of Topliss-reactive ketones (excluding diaryl/α,β-unsaturated/α-hetero) is 1. The number of hydrogen-bond donors (Lipinski definition) is 0. The molecule has 0 spiro atoms. The number of halogens is 1. The lowest BCUT2D eigenvalue weighted by molar-refractivity contribution is 0.0951. The molecule has 6 heteroatoms. The third-order valence-corrected chi connectivity index (χ3v) is 7.36. The van der Waals surface area contributed by atoms with Gasteiger partial charge in [-0.05, 0) is 55.3 Å². The Kier molecular flexibility index (Phi) is 6.04. The molecule has 0 aliphatic carbocycles. The molecular weight excluding hydrogens is 470 g/mol. The summed E-state index contributed by atoms with van der Waals surface area (Å²) >= 11 is 6.27. The maximum atomic E-state index is 14.2. The van der Waals surface area contributed by atoms with Crippen molar-refractivity contribution in [1.82, 2.24) is 0 Å². The molecule has 0 saturated carbocycles. The number of ether oxygens (including phenoxy) is 1. The van der Waals surface area contributed by atoms with Crippen LogP contribution in [0.4, 0.5) is 5.69 Å². The minimum atomic E-state index is -1.49. The van der Waals surface area contributed by atoms with E-state index < -0.39 is 23.4 Å². The Hall–Kier alpha value is -4.06. The molecule has 1 fully saturated rings. The number of carbonyl (C=O) groups is 1. The van der Waals surface area contributed by atoms with E-state index in [2.05, 4.69) is 12.1 Å². The zero-order valence-corrected chi connectivity index (χ0v) is 20.7. The van der Waals surface area contributed by atoms with Gasteiger partial charge < -0.3 is 9.64 Å². The van der Waals surface area contributed by atoms with Gasteiger partial charge in [-0.25, -0.2) is 0 Å². The molecule has 3 atom stereocenters. The SMILES string of the molecule is CCOc1ccc([C@@H]2[C@@H](C(=O)c3ccc(C)cc3)N3c4ccc(Cl)cc4C=C[C@@H]3C2(C#N)C#N)cc1. The number of benzene rings is 3. The normalized spacial score (nSPS) is 21.1. The van der Waals surface area contributed by atoms with E-state index in [1.54, 1.807) is 6.07 Å². The molecule has 3 aromatic rings. The largest absolute Gasteiger partial charge is 0.494 e. The molecule has 0 amide bonds. The Balaban J connectivity index is 1.74. The van der Waals surface area contributed by atoms with Crippen molar-refractivity contribution in [1.29, 1.82) is 10.5 Å². The van der Waals surface area contributed by atoms with Crippen LogP contribution in [0.5, 0.6) is 5.75 Å². The van der Waals surface area contributed by atoms with Crippen LogP contribution in [0, 0.1) is 35.0 Å². The number of aryl methyl sites for hydroxylation is 1. The minimum Gasteiger partial charge on any atom is -0.494 e. The van der Waals surface area contributed by atoms with Gasteiger partial charge in [0.15, 0.2) is 11.2 Å². The fourth-order valence-corrected chi connectivity index (χ4v) is 5.65. The van der Waals surface area contributed by atoms with Crippen LogP contribution in [0.15, 0.2) is 72.8 Å². The highest BCUT2D eigenvalue weighted by molar-refractivity contribution is 6.30. The van der Waals surface area contributed by atoms with Crippen LogP contribution in [-0.4, -0.2) is 24.5 Å². The van der Waals surface area contributed by atoms with Gasteiger partial charge in [-0.15, -0.1) is 0 Å². The van der Waals surface area contributed by atoms with E-state index in [1.165, 1.54) is 0 Å². The zero-order valence-electron chi connectivity index (χ0n) is 20.0. The fraction of sp³-hybridized carbons (Fsp3) is 0.233. The molecule has 0 bridgehead atoms. The molecule has 1 saturated heterocycles. The second-order valence-electron chi connectivity index (χ2n) is 9.16. The fourth-order valence-electron chi connectivity index (χ4n) is 5.46. The number of nitrogens with zero attached hydrogens (tertiary/aromatic N) is 3. The van der Waals surface area contributed by atoms with Gasteiger partial charge in [-0.1, -0.05) is 65.7 Å². The van der Waals surface area contributed by atoms with Crippen molar-refractivity contribution in [3.8, 4) is 17.9 Å². The quantitative estimate of drug-likeness (QED) is 0.388. The molecule has 0 aromatic heterocycles. The van der Waals surface area contributed by atoms with Crippen molar-refractivity contribution in [2.75, 3.05) is 11.5 Å². The van der Waals surface area contributed by atoms with Crippen molar-refractivity contribution >= 4 is 29.1 Å². The Labute approximate surface area is 215 Å². The van der Waals surface area contributed by atoms with E-state index in [9.17, 15) is 15.3 Å². The van der Waals surface area contributed by atoms with E-state index in [-0.39, 0.29) is 5.78 Å². The van der Waals surface area contributed by atoms with Crippen molar-refractivity contribution in [2.24, 2.45) is 5.41 Å². The highest BCUT2D eigenvalue weighted by Crippen LogP contribution is 2.55. The molecule has 2 aliphatic heterocycles. The predicted octanol–water partition coefficient (Wildman–Crippen LogP) is 6.33. The lowest BCUT2D eigenvalue weighted by atomic mass is 9.69. The summed E-state index contributed by atoms with van der Waals surface area (Å²) in [6, 6.07) is 23.5. The van der Waals surface area contributed by atoms with Crippen LogP contribution in [0.2, 0.25) is 5.02 Å². The molecule has 5 rings (SSSR count). The minimum absolute atomic E-state index is 0.137. The monoisotopic (exact) mass is 493 g/mol. The van der Waals surface area contributed by atoms with E-state index in [4.69, 9.17) is 16.3 Å². The van der Waals surface area contributed by atoms with E-state index in [1.807, 2.05) is 91.6 Å². The molecule has 3 aromatic carbocycles. The molecule has 2 heterocycles. The first-order valence-corrected chi connectivity index (χ1v) is 12.2. The highest BCUT2D eigenvalue weighted by Gasteiger charge is 2.63. The Morgan fingerprint density at radius 3 is 2.39 bits per heavy atom. The number of carbonyl (C=O) groups excluding carboxylic acids is 1. The number of fused-ring (bicyclic) bond motifs is 3. The van der Waals surface area contributed by atoms with Crippen LogP contribution in [-0.2, 0) is 0 Å². The van der Waals surface area contributed by atoms with Crippen LogP contribution in [0.1, 0.15) is 39.9 Å². The average Bonchev–Trinajstić information content (AvgIpc) is 3.20. The first kappa shape index (κ1) is 23.7. The van der Waals surface area contributed by atoms with Gasteiger partial charge in [-0.3, -0.25) is 4.79 Å². The molecule has 36 heavy (non-hydrogen) atoms. The first-order chi connectivity index (χ1) is 17.4. The standard InChI is InChI=1S/C30H24ClN3O2/c1-3-36-24-12-8-20(9-13-24)27-28(29(35)21-6-4-19(2)5-7-21)34-25-14-11-23(31)16-22(25)10-15-26(34)30(27,17-32)18-33/h4-16,26-28H,3H2,1-2H3/t26-,27-,28+/m1/s1. The van der Waals surface area contributed by atoms with Gasteiger partial charge >= 0.3 is 0 Å². The molecule has 0 radical (unpaired) electrons. The van der Waals surface area contributed by atoms with Gasteiger partial charge in [0.2, 0.25) is 0 Å². The van der Waals surface area contributed by atoms with Crippen LogP contribution in [0.25, 0.3) is 6.08 Å². The average molecular weight is 494 g/mol. The number of nitriles is 2. The summed E-state index contributed by atoms with van der Waals surface area (Å²) in [7, 11) is 0.